The van der Waals surface area contributed by atoms with E-state index in [0.29, 0.717) is 5.56 Å². The van der Waals surface area contributed by atoms with E-state index in [-0.39, 0.29) is 11.3 Å². The molecule has 0 radical (unpaired) electrons. The van der Waals surface area contributed by atoms with E-state index < -0.39 is 17.7 Å². The summed E-state index contributed by atoms with van der Waals surface area (Å²) in [6, 6.07) is 5.01. The Morgan fingerprint density at radius 3 is 2.50 bits per heavy atom. The lowest BCUT2D eigenvalue weighted by atomic mass is 10.1. The first-order valence-corrected chi connectivity index (χ1v) is 6.86. The summed E-state index contributed by atoms with van der Waals surface area (Å²) in [6.45, 7) is 6.40. The topological polar surface area (TPSA) is 71.3 Å². The number of aromatic nitrogens is 1. The van der Waals surface area contributed by atoms with Gasteiger partial charge in [0.15, 0.2) is 0 Å². The standard InChI is InChI=1S/C16H17FN2O3/c1-4-19-9(2)7-12(10(19)3)15(20)18-14-8-11(16(21)22)5-6-13(14)17/h5-8H,4H2,1-3H3,(H,18,20)(H,21,22). The predicted molar refractivity (Wildman–Crippen MR) is 80.9 cm³/mol. The molecule has 0 aliphatic heterocycles. The highest BCUT2D eigenvalue weighted by atomic mass is 19.1. The van der Waals surface area contributed by atoms with Crippen LogP contribution in [-0.2, 0) is 6.54 Å². The number of carboxylic acids is 1. The molecule has 0 aliphatic carbocycles. The van der Waals surface area contributed by atoms with Crippen LogP contribution in [0.4, 0.5) is 10.1 Å². The third kappa shape index (κ3) is 2.86. The van der Waals surface area contributed by atoms with E-state index in [1.165, 1.54) is 0 Å². The van der Waals surface area contributed by atoms with Gasteiger partial charge in [-0.05, 0) is 45.0 Å². The number of hydrogen-bond acceptors (Lipinski definition) is 2. The summed E-state index contributed by atoms with van der Waals surface area (Å²) in [5, 5.41) is 11.4. The number of anilines is 1. The Morgan fingerprint density at radius 1 is 1.27 bits per heavy atom. The summed E-state index contributed by atoms with van der Waals surface area (Å²) < 4.78 is 15.7. The number of aromatic carboxylic acids is 1. The van der Waals surface area contributed by atoms with Gasteiger partial charge in [-0.25, -0.2) is 9.18 Å². The predicted octanol–water partition coefficient (Wildman–Crippen LogP) is 3.21. The molecule has 6 heteroatoms. The molecule has 1 heterocycles. The highest BCUT2D eigenvalue weighted by molar-refractivity contribution is 6.05. The average molecular weight is 304 g/mol. The second kappa shape index (κ2) is 6.01. The Morgan fingerprint density at radius 2 is 1.95 bits per heavy atom. The molecule has 0 atom stereocenters. The van der Waals surface area contributed by atoms with Gasteiger partial charge < -0.3 is 15.0 Å². The fraction of sp³-hybridized carbons (Fsp3) is 0.250. The van der Waals surface area contributed by atoms with Crippen LogP contribution < -0.4 is 5.32 Å². The Kier molecular flexibility index (Phi) is 4.30. The van der Waals surface area contributed by atoms with Crippen LogP contribution in [0.3, 0.4) is 0 Å². The number of carboxylic acid groups (broad SMARTS) is 1. The van der Waals surface area contributed by atoms with Crippen LogP contribution in [0.15, 0.2) is 24.3 Å². The zero-order valence-electron chi connectivity index (χ0n) is 12.6. The first kappa shape index (κ1) is 15.8. The highest BCUT2D eigenvalue weighted by Gasteiger charge is 2.17. The summed E-state index contributed by atoms with van der Waals surface area (Å²) in [4.78, 5) is 23.2. The Labute approximate surface area is 127 Å². The number of benzene rings is 1. The molecule has 0 aliphatic rings. The van der Waals surface area contributed by atoms with Crippen LogP contribution in [0.1, 0.15) is 39.0 Å². The molecule has 1 aromatic heterocycles. The maximum Gasteiger partial charge on any atom is 0.335 e. The minimum Gasteiger partial charge on any atom is -0.478 e. The Hall–Kier alpha value is -2.63. The van der Waals surface area contributed by atoms with Crippen molar-refractivity contribution in [2.75, 3.05) is 5.32 Å². The van der Waals surface area contributed by atoms with Gasteiger partial charge in [0, 0.05) is 17.9 Å². The summed E-state index contributed by atoms with van der Waals surface area (Å²) in [5.74, 6) is -2.32. The molecule has 0 saturated carbocycles. The highest BCUT2D eigenvalue weighted by Crippen LogP contribution is 2.20. The minimum absolute atomic E-state index is 0.0873. The van der Waals surface area contributed by atoms with E-state index in [9.17, 15) is 14.0 Å². The Bertz CT molecular complexity index is 750. The molecule has 1 aromatic carbocycles. The third-order valence-corrected chi connectivity index (χ3v) is 3.60. The van der Waals surface area contributed by atoms with Crippen LogP contribution in [0.25, 0.3) is 0 Å². The molecule has 2 aromatic rings. The molecule has 0 bridgehead atoms. The molecule has 0 spiro atoms. The second-order valence-corrected chi connectivity index (χ2v) is 4.98. The monoisotopic (exact) mass is 304 g/mol. The molecular formula is C16H17FN2O3. The zero-order valence-corrected chi connectivity index (χ0v) is 12.6. The summed E-state index contributed by atoms with van der Waals surface area (Å²) in [5.41, 5.74) is 1.93. The van der Waals surface area contributed by atoms with E-state index in [1.54, 1.807) is 6.07 Å². The van der Waals surface area contributed by atoms with Crippen molar-refractivity contribution in [1.29, 1.82) is 0 Å². The SMILES string of the molecule is CCn1c(C)cc(C(=O)Nc2cc(C(=O)O)ccc2F)c1C. The van der Waals surface area contributed by atoms with Crippen molar-refractivity contribution in [2.24, 2.45) is 0 Å². The largest absolute Gasteiger partial charge is 0.478 e. The van der Waals surface area contributed by atoms with E-state index in [4.69, 9.17) is 5.11 Å². The van der Waals surface area contributed by atoms with Crippen LogP contribution in [-0.4, -0.2) is 21.6 Å². The molecule has 0 unspecified atom stereocenters. The Balaban J connectivity index is 2.33. The van der Waals surface area contributed by atoms with Gasteiger partial charge in [0.2, 0.25) is 0 Å². The average Bonchev–Trinajstić information content (AvgIpc) is 2.75. The van der Waals surface area contributed by atoms with E-state index in [1.807, 2.05) is 25.3 Å². The fourth-order valence-corrected chi connectivity index (χ4v) is 2.46. The molecular weight excluding hydrogens is 287 g/mol. The van der Waals surface area contributed by atoms with Crippen molar-refractivity contribution < 1.29 is 19.1 Å². The maximum atomic E-state index is 13.7. The van der Waals surface area contributed by atoms with Gasteiger partial charge in [0.25, 0.3) is 5.91 Å². The fourth-order valence-electron chi connectivity index (χ4n) is 2.46. The molecule has 2 rings (SSSR count). The first-order chi connectivity index (χ1) is 10.3. The van der Waals surface area contributed by atoms with Crippen LogP contribution in [0, 0.1) is 19.7 Å². The molecule has 0 fully saturated rings. The van der Waals surface area contributed by atoms with Gasteiger partial charge in [-0.2, -0.15) is 0 Å². The van der Waals surface area contributed by atoms with E-state index in [0.717, 1.165) is 36.1 Å². The molecule has 0 saturated heterocycles. The molecule has 22 heavy (non-hydrogen) atoms. The summed E-state index contributed by atoms with van der Waals surface area (Å²) in [7, 11) is 0. The number of nitrogens with one attached hydrogen (secondary N) is 1. The van der Waals surface area contributed by atoms with Crippen molar-refractivity contribution in [1.82, 2.24) is 4.57 Å². The number of carbonyl (C=O) groups excluding carboxylic acids is 1. The van der Waals surface area contributed by atoms with Crippen LogP contribution >= 0.6 is 0 Å². The van der Waals surface area contributed by atoms with E-state index in [2.05, 4.69) is 5.32 Å². The number of carbonyl (C=O) groups is 2. The van der Waals surface area contributed by atoms with Gasteiger partial charge in [0.1, 0.15) is 5.82 Å². The third-order valence-electron chi connectivity index (χ3n) is 3.60. The summed E-state index contributed by atoms with van der Waals surface area (Å²) in [6.07, 6.45) is 0. The van der Waals surface area contributed by atoms with Gasteiger partial charge in [-0.1, -0.05) is 0 Å². The maximum absolute atomic E-state index is 13.7. The second-order valence-electron chi connectivity index (χ2n) is 4.98. The lowest BCUT2D eigenvalue weighted by Gasteiger charge is -2.08. The van der Waals surface area contributed by atoms with E-state index >= 15 is 0 Å². The van der Waals surface area contributed by atoms with Crippen LogP contribution in [0.2, 0.25) is 0 Å². The minimum atomic E-state index is -1.18. The van der Waals surface area contributed by atoms with Crippen molar-refractivity contribution in [3.05, 3.63) is 52.6 Å². The van der Waals surface area contributed by atoms with Crippen molar-refractivity contribution in [3.63, 3.8) is 0 Å². The van der Waals surface area contributed by atoms with Crippen molar-refractivity contribution >= 4 is 17.6 Å². The van der Waals surface area contributed by atoms with Gasteiger partial charge in [-0.3, -0.25) is 4.79 Å². The molecule has 116 valence electrons. The molecule has 2 N–H and O–H groups in total. The van der Waals surface area contributed by atoms with Crippen LogP contribution in [0.5, 0.6) is 0 Å². The van der Waals surface area contributed by atoms with Crippen molar-refractivity contribution in [3.8, 4) is 0 Å². The van der Waals surface area contributed by atoms with Gasteiger partial charge in [-0.15, -0.1) is 0 Å². The number of halogens is 1. The van der Waals surface area contributed by atoms with Gasteiger partial charge >= 0.3 is 5.97 Å². The normalized spacial score (nSPS) is 10.5. The smallest absolute Gasteiger partial charge is 0.335 e. The van der Waals surface area contributed by atoms with Crippen molar-refractivity contribution in [2.45, 2.75) is 27.3 Å². The zero-order chi connectivity index (χ0) is 16.4. The molecule has 1 amide bonds. The number of aryl methyl sites for hydroxylation is 1. The quantitative estimate of drug-likeness (QED) is 0.911. The lowest BCUT2D eigenvalue weighted by molar-refractivity contribution is 0.0696. The number of rotatable bonds is 4. The summed E-state index contributed by atoms with van der Waals surface area (Å²) >= 11 is 0. The lowest BCUT2D eigenvalue weighted by Crippen LogP contribution is -2.15. The number of nitrogens with zero attached hydrogens (tertiary/aromatic N) is 1. The number of hydrogen-bond donors (Lipinski definition) is 2. The van der Waals surface area contributed by atoms with Gasteiger partial charge in [0.05, 0.1) is 16.8 Å². The number of amides is 1. The first-order valence-electron chi connectivity index (χ1n) is 6.86. The molecule has 5 nitrogen and oxygen atoms in total.